The maximum absolute atomic E-state index is 2.22. The van der Waals surface area contributed by atoms with Crippen LogP contribution in [-0.2, 0) is 0 Å². The van der Waals surface area contributed by atoms with Gasteiger partial charge in [0.05, 0.1) is 0 Å². The van der Waals surface area contributed by atoms with Crippen LogP contribution in [0.4, 0.5) is 0 Å². The smallest absolute Gasteiger partial charge is 0.0374 e. The molecule has 0 radical (unpaired) electrons. The van der Waals surface area contributed by atoms with Crippen LogP contribution in [0, 0.1) is 13.8 Å². The van der Waals surface area contributed by atoms with Crippen molar-refractivity contribution in [2.75, 3.05) is 0 Å². The van der Waals surface area contributed by atoms with Gasteiger partial charge in [-0.25, -0.2) is 0 Å². The van der Waals surface area contributed by atoms with Gasteiger partial charge in [-0.1, -0.05) is 30.3 Å². The van der Waals surface area contributed by atoms with Crippen molar-refractivity contribution in [2.45, 2.75) is 13.8 Å². The van der Waals surface area contributed by atoms with E-state index in [1.807, 2.05) is 11.3 Å². The van der Waals surface area contributed by atoms with Gasteiger partial charge < -0.3 is 0 Å². The van der Waals surface area contributed by atoms with E-state index in [-0.39, 0.29) is 0 Å². The third kappa shape index (κ3) is 1.52. The Morgan fingerprint density at radius 3 is 2.23 bits per heavy atom. The van der Waals surface area contributed by atoms with Gasteiger partial charge in [-0.15, -0.1) is 11.3 Å². The fourth-order valence-corrected chi connectivity index (χ4v) is 2.46. The predicted molar refractivity (Wildman–Crippen MR) is 59.2 cm³/mol. The van der Waals surface area contributed by atoms with Gasteiger partial charge in [-0.3, -0.25) is 0 Å². The van der Waals surface area contributed by atoms with E-state index in [1.165, 1.54) is 21.6 Å². The van der Waals surface area contributed by atoms with Crippen LogP contribution >= 0.6 is 11.3 Å². The first-order chi connectivity index (χ1) is 6.29. The molecule has 2 rings (SSSR count). The molecule has 1 heterocycles. The summed E-state index contributed by atoms with van der Waals surface area (Å²) in [6, 6.07) is 10.6. The highest BCUT2D eigenvalue weighted by atomic mass is 32.1. The molecule has 0 aliphatic carbocycles. The molecule has 0 unspecified atom stereocenters. The van der Waals surface area contributed by atoms with Gasteiger partial charge in [0.25, 0.3) is 0 Å². The SMILES string of the molecule is Cc1csc(-c2ccccc2)c1C. The van der Waals surface area contributed by atoms with Crippen molar-refractivity contribution in [3.05, 3.63) is 46.8 Å². The van der Waals surface area contributed by atoms with Gasteiger partial charge in [-0.2, -0.15) is 0 Å². The Labute approximate surface area is 82.9 Å². The van der Waals surface area contributed by atoms with Crippen LogP contribution in [0.25, 0.3) is 10.4 Å². The Hall–Kier alpha value is -1.08. The van der Waals surface area contributed by atoms with Gasteiger partial charge in [0.2, 0.25) is 0 Å². The molecule has 0 nitrogen and oxygen atoms in total. The highest BCUT2D eigenvalue weighted by Crippen LogP contribution is 2.31. The second-order valence-electron chi connectivity index (χ2n) is 3.24. The highest BCUT2D eigenvalue weighted by molar-refractivity contribution is 7.13. The Morgan fingerprint density at radius 1 is 1.00 bits per heavy atom. The first-order valence-corrected chi connectivity index (χ1v) is 5.27. The average Bonchev–Trinajstić information content (AvgIpc) is 2.49. The first kappa shape index (κ1) is 8.52. The van der Waals surface area contributed by atoms with Gasteiger partial charge in [0.15, 0.2) is 0 Å². The third-order valence-corrected chi connectivity index (χ3v) is 3.57. The summed E-state index contributed by atoms with van der Waals surface area (Å²) in [7, 11) is 0. The van der Waals surface area contributed by atoms with Crippen LogP contribution < -0.4 is 0 Å². The zero-order valence-corrected chi connectivity index (χ0v) is 8.69. The lowest BCUT2D eigenvalue weighted by Gasteiger charge is -1.99. The van der Waals surface area contributed by atoms with Crippen LogP contribution in [0.3, 0.4) is 0 Å². The van der Waals surface area contributed by atoms with Gasteiger partial charge in [0, 0.05) is 4.88 Å². The summed E-state index contributed by atoms with van der Waals surface area (Å²) in [5.41, 5.74) is 4.14. The standard InChI is InChI=1S/C12H12S/c1-9-8-13-12(10(9)2)11-6-4-3-5-7-11/h3-8H,1-2H3. The van der Waals surface area contributed by atoms with E-state index < -0.39 is 0 Å². The minimum Gasteiger partial charge on any atom is -0.143 e. The normalized spacial score (nSPS) is 10.3. The lowest BCUT2D eigenvalue weighted by molar-refractivity contribution is 1.40. The zero-order valence-electron chi connectivity index (χ0n) is 7.87. The number of benzene rings is 1. The number of thiophene rings is 1. The van der Waals surface area contributed by atoms with Crippen LogP contribution in [0.15, 0.2) is 35.7 Å². The first-order valence-electron chi connectivity index (χ1n) is 4.39. The van der Waals surface area contributed by atoms with Gasteiger partial charge >= 0.3 is 0 Å². The molecule has 66 valence electrons. The summed E-state index contributed by atoms with van der Waals surface area (Å²) in [4.78, 5) is 1.40. The number of aryl methyl sites for hydroxylation is 1. The minimum absolute atomic E-state index is 1.33. The Kier molecular flexibility index (Phi) is 2.19. The summed E-state index contributed by atoms with van der Waals surface area (Å²) in [5, 5.41) is 2.22. The zero-order chi connectivity index (χ0) is 9.26. The molecule has 0 bridgehead atoms. The van der Waals surface area contributed by atoms with E-state index in [1.54, 1.807) is 0 Å². The molecule has 0 atom stereocenters. The van der Waals surface area contributed by atoms with E-state index in [0.717, 1.165) is 0 Å². The Balaban J connectivity index is 2.53. The van der Waals surface area contributed by atoms with E-state index in [4.69, 9.17) is 0 Å². The van der Waals surface area contributed by atoms with E-state index in [2.05, 4.69) is 49.6 Å². The Bertz CT molecular complexity index is 398. The summed E-state index contributed by atoms with van der Waals surface area (Å²) < 4.78 is 0. The second kappa shape index (κ2) is 3.35. The van der Waals surface area contributed by atoms with Crippen molar-refractivity contribution in [3.8, 4) is 10.4 Å². The molecule has 0 aliphatic heterocycles. The second-order valence-corrected chi connectivity index (χ2v) is 4.12. The molecule has 1 heteroatoms. The van der Waals surface area contributed by atoms with Crippen molar-refractivity contribution < 1.29 is 0 Å². The van der Waals surface area contributed by atoms with Gasteiger partial charge in [0.1, 0.15) is 0 Å². The third-order valence-electron chi connectivity index (χ3n) is 2.32. The number of rotatable bonds is 1. The largest absolute Gasteiger partial charge is 0.143 e. The summed E-state index contributed by atoms with van der Waals surface area (Å²) in [6.07, 6.45) is 0. The summed E-state index contributed by atoms with van der Waals surface area (Å²) in [5.74, 6) is 0. The molecular formula is C12H12S. The van der Waals surface area contributed by atoms with E-state index >= 15 is 0 Å². The number of hydrogen-bond donors (Lipinski definition) is 0. The monoisotopic (exact) mass is 188 g/mol. The quantitative estimate of drug-likeness (QED) is 0.633. The minimum atomic E-state index is 1.33. The topological polar surface area (TPSA) is 0 Å². The van der Waals surface area contributed by atoms with E-state index in [9.17, 15) is 0 Å². The van der Waals surface area contributed by atoms with Gasteiger partial charge in [-0.05, 0) is 35.9 Å². The van der Waals surface area contributed by atoms with Crippen LogP contribution in [-0.4, -0.2) is 0 Å². The molecular weight excluding hydrogens is 176 g/mol. The van der Waals surface area contributed by atoms with E-state index in [0.29, 0.717) is 0 Å². The lowest BCUT2D eigenvalue weighted by atomic mass is 10.1. The fraction of sp³-hybridized carbons (Fsp3) is 0.167. The van der Waals surface area contributed by atoms with Crippen LogP contribution in [0.1, 0.15) is 11.1 Å². The molecule has 0 fully saturated rings. The van der Waals surface area contributed by atoms with Crippen LogP contribution in [0.5, 0.6) is 0 Å². The van der Waals surface area contributed by atoms with Crippen molar-refractivity contribution in [2.24, 2.45) is 0 Å². The lowest BCUT2D eigenvalue weighted by Crippen LogP contribution is -1.76. The Morgan fingerprint density at radius 2 is 1.69 bits per heavy atom. The maximum Gasteiger partial charge on any atom is 0.0374 e. The fourth-order valence-electron chi connectivity index (χ4n) is 1.38. The average molecular weight is 188 g/mol. The van der Waals surface area contributed by atoms with Crippen molar-refractivity contribution in [3.63, 3.8) is 0 Å². The molecule has 0 spiro atoms. The maximum atomic E-state index is 2.22. The van der Waals surface area contributed by atoms with Crippen molar-refractivity contribution in [1.82, 2.24) is 0 Å². The number of hydrogen-bond acceptors (Lipinski definition) is 1. The molecule has 13 heavy (non-hydrogen) atoms. The molecule has 0 aliphatic rings. The molecule has 1 aromatic heterocycles. The molecule has 1 aromatic carbocycles. The summed E-state index contributed by atoms with van der Waals surface area (Å²) >= 11 is 1.83. The molecule has 2 aromatic rings. The van der Waals surface area contributed by atoms with Crippen LogP contribution in [0.2, 0.25) is 0 Å². The molecule has 0 saturated heterocycles. The predicted octanol–water partition coefficient (Wildman–Crippen LogP) is 4.03. The molecule has 0 saturated carbocycles. The van der Waals surface area contributed by atoms with Crippen molar-refractivity contribution >= 4 is 11.3 Å². The summed E-state index contributed by atoms with van der Waals surface area (Å²) in [6.45, 7) is 4.35. The van der Waals surface area contributed by atoms with Crippen molar-refractivity contribution in [1.29, 1.82) is 0 Å². The molecule has 0 amide bonds. The molecule has 0 N–H and O–H groups in total. The highest BCUT2D eigenvalue weighted by Gasteiger charge is 2.04.